The summed E-state index contributed by atoms with van der Waals surface area (Å²) in [6.45, 7) is 11.3. The lowest BCUT2D eigenvalue weighted by Gasteiger charge is -2.60. The van der Waals surface area contributed by atoms with Crippen molar-refractivity contribution in [3.63, 3.8) is 0 Å². The van der Waals surface area contributed by atoms with Gasteiger partial charge in [-0.2, -0.15) is 0 Å². The number of hydrogen-bond acceptors (Lipinski definition) is 2. The van der Waals surface area contributed by atoms with Gasteiger partial charge in [0.05, 0.1) is 17.8 Å². The molecule has 0 aromatic rings. The first-order valence-corrected chi connectivity index (χ1v) is 9.03. The largest absolute Gasteiger partial charge is 0.391 e. The summed E-state index contributed by atoms with van der Waals surface area (Å²) in [6.07, 6.45) is 8.71. The minimum absolute atomic E-state index is 0.0418. The predicted octanol–water partition coefficient (Wildman–Crippen LogP) is 4.55. The molecule has 122 valence electrons. The second-order valence-electron chi connectivity index (χ2n) is 9.41. The molecule has 3 fully saturated rings. The van der Waals surface area contributed by atoms with E-state index in [4.69, 9.17) is 4.74 Å². The highest BCUT2D eigenvalue weighted by Crippen LogP contribution is 2.65. The Kier molecular flexibility index (Phi) is 3.73. The summed E-state index contributed by atoms with van der Waals surface area (Å²) in [7, 11) is 0. The standard InChI is InChI=1S/C19H34O2/c1-13(20)14(2)21-19-9-6-8-18(5,12-19)10-7-15-16(19)11-17(15,3)4/h13-16,20H,6-12H2,1-5H3. The molecular weight excluding hydrogens is 260 g/mol. The van der Waals surface area contributed by atoms with Crippen molar-refractivity contribution in [3.05, 3.63) is 0 Å². The average Bonchev–Trinajstić information content (AvgIpc) is 2.41. The lowest BCUT2D eigenvalue weighted by atomic mass is 9.49. The predicted molar refractivity (Wildman–Crippen MR) is 86.1 cm³/mol. The Morgan fingerprint density at radius 3 is 2.38 bits per heavy atom. The molecule has 3 rings (SSSR count). The Hall–Kier alpha value is -0.0800. The Labute approximate surface area is 130 Å². The van der Waals surface area contributed by atoms with Gasteiger partial charge in [0.1, 0.15) is 0 Å². The Bertz CT molecular complexity index is 402. The Balaban J connectivity index is 1.90. The van der Waals surface area contributed by atoms with Crippen LogP contribution in [-0.4, -0.2) is 22.9 Å². The summed E-state index contributed by atoms with van der Waals surface area (Å²) in [4.78, 5) is 0. The Morgan fingerprint density at radius 2 is 1.76 bits per heavy atom. The van der Waals surface area contributed by atoms with Crippen molar-refractivity contribution >= 4 is 0 Å². The van der Waals surface area contributed by atoms with Crippen LogP contribution in [0.4, 0.5) is 0 Å². The van der Waals surface area contributed by atoms with E-state index in [1.165, 1.54) is 44.9 Å². The molecule has 0 heterocycles. The highest BCUT2D eigenvalue weighted by molar-refractivity contribution is 5.11. The van der Waals surface area contributed by atoms with Crippen molar-refractivity contribution in [2.75, 3.05) is 0 Å². The zero-order valence-electron chi connectivity index (χ0n) is 14.6. The van der Waals surface area contributed by atoms with Crippen LogP contribution in [0.1, 0.15) is 79.6 Å². The molecule has 2 heteroatoms. The maximum absolute atomic E-state index is 9.93. The van der Waals surface area contributed by atoms with Gasteiger partial charge >= 0.3 is 0 Å². The smallest absolute Gasteiger partial charge is 0.0810 e. The van der Waals surface area contributed by atoms with Gasteiger partial charge in [-0.1, -0.05) is 27.2 Å². The van der Waals surface area contributed by atoms with Crippen molar-refractivity contribution in [3.8, 4) is 0 Å². The van der Waals surface area contributed by atoms with Crippen LogP contribution in [-0.2, 0) is 4.74 Å². The number of aliphatic hydroxyl groups excluding tert-OH is 1. The van der Waals surface area contributed by atoms with E-state index in [1.807, 2.05) is 6.92 Å². The zero-order chi connectivity index (χ0) is 15.5. The molecule has 2 nitrogen and oxygen atoms in total. The monoisotopic (exact) mass is 294 g/mol. The van der Waals surface area contributed by atoms with Gasteiger partial charge in [-0.25, -0.2) is 0 Å². The van der Waals surface area contributed by atoms with Crippen LogP contribution >= 0.6 is 0 Å². The van der Waals surface area contributed by atoms with E-state index in [0.717, 1.165) is 11.8 Å². The van der Waals surface area contributed by atoms with Crippen LogP contribution in [0.3, 0.4) is 0 Å². The van der Waals surface area contributed by atoms with Crippen molar-refractivity contribution in [2.24, 2.45) is 22.7 Å². The molecule has 0 spiro atoms. The fraction of sp³-hybridized carbons (Fsp3) is 1.00. The molecule has 1 N–H and O–H groups in total. The summed E-state index contributed by atoms with van der Waals surface area (Å²) >= 11 is 0. The second-order valence-corrected chi connectivity index (χ2v) is 9.41. The summed E-state index contributed by atoms with van der Waals surface area (Å²) in [6, 6.07) is 0. The average molecular weight is 294 g/mol. The highest BCUT2D eigenvalue weighted by Gasteiger charge is 2.61. The lowest BCUT2D eigenvalue weighted by molar-refractivity contribution is -0.223. The molecule has 0 aromatic carbocycles. The third kappa shape index (κ3) is 2.57. The van der Waals surface area contributed by atoms with Crippen LogP contribution in [0.25, 0.3) is 0 Å². The number of hydrogen-bond donors (Lipinski definition) is 1. The van der Waals surface area contributed by atoms with E-state index in [2.05, 4.69) is 27.7 Å². The van der Waals surface area contributed by atoms with Crippen molar-refractivity contribution < 1.29 is 9.84 Å². The van der Waals surface area contributed by atoms with Gasteiger partial charge in [0, 0.05) is 0 Å². The van der Waals surface area contributed by atoms with E-state index in [1.54, 1.807) is 0 Å². The van der Waals surface area contributed by atoms with Gasteiger partial charge in [0.25, 0.3) is 0 Å². The quantitative estimate of drug-likeness (QED) is 0.827. The summed E-state index contributed by atoms with van der Waals surface area (Å²) in [5.41, 5.74) is 0.993. The minimum atomic E-state index is -0.373. The van der Waals surface area contributed by atoms with E-state index < -0.39 is 0 Å². The molecule has 6 atom stereocenters. The summed E-state index contributed by atoms with van der Waals surface area (Å²) in [5.74, 6) is 1.54. The molecule has 21 heavy (non-hydrogen) atoms. The molecule has 0 aromatic heterocycles. The molecule has 0 amide bonds. The molecule has 0 radical (unpaired) electrons. The summed E-state index contributed by atoms with van der Waals surface area (Å²) < 4.78 is 6.63. The first-order valence-electron chi connectivity index (χ1n) is 9.03. The summed E-state index contributed by atoms with van der Waals surface area (Å²) in [5, 5.41) is 9.93. The normalized spacial score (nSPS) is 47.7. The molecule has 3 saturated carbocycles. The number of aliphatic hydroxyl groups is 1. The lowest BCUT2D eigenvalue weighted by Crippen LogP contribution is -2.58. The van der Waals surface area contributed by atoms with Crippen molar-refractivity contribution in [1.82, 2.24) is 0 Å². The van der Waals surface area contributed by atoms with E-state index in [9.17, 15) is 5.11 Å². The maximum atomic E-state index is 9.93. The third-order valence-corrected chi connectivity index (χ3v) is 7.18. The molecule has 2 bridgehead atoms. The SMILES string of the molecule is CC(O)C(C)OC12CCCC(C)(CCC3C1CC3(C)C)C2. The minimum Gasteiger partial charge on any atom is -0.391 e. The maximum Gasteiger partial charge on any atom is 0.0810 e. The van der Waals surface area contributed by atoms with Gasteiger partial charge < -0.3 is 9.84 Å². The highest BCUT2D eigenvalue weighted by atomic mass is 16.5. The van der Waals surface area contributed by atoms with Gasteiger partial charge in [-0.05, 0) is 75.0 Å². The van der Waals surface area contributed by atoms with Gasteiger partial charge in [0.15, 0.2) is 0 Å². The molecule has 3 aliphatic rings. The number of fused-ring (bicyclic) bond motifs is 4. The van der Waals surface area contributed by atoms with Crippen molar-refractivity contribution in [1.29, 1.82) is 0 Å². The fourth-order valence-corrected chi connectivity index (χ4v) is 5.79. The first-order chi connectivity index (χ1) is 9.68. The van der Waals surface area contributed by atoms with Crippen molar-refractivity contribution in [2.45, 2.75) is 97.4 Å². The van der Waals surface area contributed by atoms with Crippen LogP contribution < -0.4 is 0 Å². The Morgan fingerprint density at radius 1 is 1.05 bits per heavy atom. The van der Waals surface area contributed by atoms with E-state index in [0.29, 0.717) is 10.8 Å². The zero-order valence-corrected chi connectivity index (χ0v) is 14.6. The van der Waals surface area contributed by atoms with Crippen LogP contribution in [0.2, 0.25) is 0 Å². The van der Waals surface area contributed by atoms with E-state index >= 15 is 0 Å². The van der Waals surface area contributed by atoms with Gasteiger partial charge in [-0.3, -0.25) is 0 Å². The number of ether oxygens (including phenoxy) is 1. The third-order valence-electron chi connectivity index (χ3n) is 7.18. The fourth-order valence-electron chi connectivity index (χ4n) is 5.79. The van der Waals surface area contributed by atoms with Crippen LogP contribution in [0.15, 0.2) is 0 Å². The first kappa shape index (κ1) is 15.8. The molecule has 0 saturated heterocycles. The molecule has 3 aliphatic carbocycles. The molecule has 0 aliphatic heterocycles. The van der Waals surface area contributed by atoms with Gasteiger partial charge in [0.2, 0.25) is 0 Å². The van der Waals surface area contributed by atoms with Gasteiger partial charge in [-0.15, -0.1) is 0 Å². The van der Waals surface area contributed by atoms with Crippen LogP contribution in [0.5, 0.6) is 0 Å². The van der Waals surface area contributed by atoms with Crippen LogP contribution in [0, 0.1) is 22.7 Å². The molecular formula is C19H34O2. The molecule has 6 unspecified atom stereocenters. The topological polar surface area (TPSA) is 29.5 Å². The second kappa shape index (κ2) is 4.96. The van der Waals surface area contributed by atoms with E-state index in [-0.39, 0.29) is 17.8 Å². The number of rotatable bonds is 3.